The van der Waals surface area contributed by atoms with Gasteiger partial charge in [0.15, 0.2) is 0 Å². The van der Waals surface area contributed by atoms with E-state index < -0.39 is 0 Å². The fourth-order valence-electron chi connectivity index (χ4n) is 2.47. The third-order valence-corrected chi connectivity index (χ3v) is 3.54. The highest BCUT2D eigenvalue weighted by molar-refractivity contribution is 5.00. The predicted octanol–water partition coefficient (Wildman–Crippen LogP) is 0.633. The topological polar surface area (TPSA) is 47.1 Å². The monoisotopic (exact) mass is 222 g/mol. The molecule has 2 rings (SSSR count). The van der Waals surface area contributed by atoms with Gasteiger partial charge >= 0.3 is 0 Å². The van der Waals surface area contributed by atoms with Crippen molar-refractivity contribution < 1.29 is 0 Å². The van der Waals surface area contributed by atoms with E-state index in [0.717, 1.165) is 19.5 Å². The summed E-state index contributed by atoms with van der Waals surface area (Å²) in [6.07, 6.45) is 5.56. The number of rotatable bonds is 4. The Bertz CT molecular complexity index is 321. The van der Waals surface area contributed by atoms with Gasteiger partial charge < -0.3 is 10.6 Å². The lowest BCUT2D eigenvalue weighted by molar-refractivity contribution is 0.179. The molecule has 16 heavy (non-hydrogen) atoms. The molecule has 90 valence electrons. The fraction of sp³-hybridized carbons (Fsp3) is 0.750. The molecular formula is C12H22N4. The molecule has 1 fully saturated rings. The number of nitrogens with zero attached hydrogens (tertiary/aromatic N) is 3. The molecule has 0 bridgehead atoms. The van der Waals surface area contributed by atoms with Gasteiger partial charge in [-0.3, -0.25) is 4.68 Å². The Labute approximate surface area is 97.4 Å². The van der Waals surface area contributed by atoms with E-state index in [1.165, 1.54) is 31.6 Å². The van der Waals surface area contributed by atoms with Gasteiger partial charge in [0.1, 0.15) is 0 Å². The molecule has 1 unspecified atom stereocenters. The molecule has 4 heteroatoms. The molecule has 0 aromatic carbocycles. The number of hydrogen-bond donors (Lipinski definition) is 1. The van der Waals surface area contributed by atoms with Gasteiger partial charge in [-0.1, -0.05) is 0 Å². The lowest BCUT2D eigenvalue weighted by atomic mass is 9.98. The van der Waals surface area contributed by atoms with E-state index in [1.807, 2.05) is 17.9 Å². The van der Waals surface area contributed by atoms with Gasteiger partial charge in [0.05, 0.1) is 0 Å². The van der Waals surface area contributed by atoms with Crippen LogP contribution in [-0.4, -0.2) is 40.9 Å². The van der Waals surface area contributed by atoms with Crippen LogP contribution in [0, 0.1) is 5.92 Å². The van der Waals surface area contributed by atoms with E-state index in [2.05, 4.69) is 16.1 Å². The van der Waals surface area contributed by atoms with Crippen molar-refractivity contribution in [1.29, 1.82) is 0 Å². The Morgan fingerprint density at radius 3 is 3.12 bits per heavy atom. The van der Waals surface area contributed by atoms with E-state index in [1.54, 1.807) is 0 Å². The molecule has 1 atom stereocenters. The van der Waals surface area contributed by atoms with Gasteiger partial charge in [0.2, 0.25) is 0 Å². The molecule has 0 amide bonds. The van der Waals surface area contributed by atoms with E-state index in [0.29, 0.717) is 5.92 Å². The normalized spacial score (nSPS) is 22.5. The lowest BCUT2D eigenvalue weighted by Gasteiger charge is -2.31. The smallest absolute Gasteiger partial charge is 0.0492 e. The highest BCUT2D eigenvalue weighted by Crippen LogP contribution is 2.15. The van der Waals surface area contributed by atoms with Crippen LogP contribution >= 0.6 is 0 Å². The Kier molecular flexibility index (Phi) is 3.96. The highest BCUT2D eigenvalue weighted by Gasteiger charge is 2.18. The van der Waals surface area contributed by atoms with Crippen molar-refractivity contribution in [3.05, 3.63) is 18.0 Å². The summed E-state index contributed by atoms with van der Waals surface area (Å²) in [5.74, 6) is 0.709. The minimum Gasteiger partial charge on any atom is -0.330 e. The molecular weight excluding hydrogens is 200 g/mol. The number of hydrogen-bond acceptors (Lipinski definition) is 3. The van der Waals surface area contributed by atoms with Crippen LogP contribution in [0.2, 0.25) is 0 Å². The first-order chi connectivity index (χ1) is 7.79. The molecule has 2 heterocycles. The molecule has 4 nitrogen and oxygen atoms in total. The molecule has 1 aromatic heterocycles. The van der Waals surface area contributed by atoms with Crippen LogP contribution in [0.4, 0.5) is 0 Å². The largest absolute Gasteiger partial charge is 0.330 e. The molecule has 2 N–H and O–H groups in total. The summed E-state index contributed by atoms with van der Waals surface area (Å²) in [4.78, 5) is 2.54. The van der Waals surface area contributed by atoms with Crippen LogP contribution in [0.5, 0.6) is 0 Å². The summed E-state index contributed by atoms with van der Waals surface area (Å²) < 4.78 is 1.96. The van der Waals surface area contributed by atoms with Crippen molar-refractivity contribution in [3.63, 3.8) is 0 Å². The quantitative estimate of drug-likeness (QED) is 0.813. The second-order valence-corrected chi connectivity index (χ2v) is 4.74. The van der Waals surface area contributed by atoms with Crippen molar-refractivity contribution in [2.45, 2.75) is 19.3 Å². The second kappa shape index (κ2) is 5.46. The van der Waals surface area contributed by atoms with E-state index in [-0.39, 0.29) is 0 Å². The van der Waals surface area contributed by atoms with Crippen molar-refractivity contribution in [2.75, 3.05) is 26.2 Å². The van der Waals surface area contributed by atoms with Crippen LogP contribution in [0.3, 0.4) is 0 Å². The molecule has 0 saturated carbocycles. The Morgan fingerprint density at radius 1 is 1.56 bits per heavy atom. The average molecular weight is 222 g/mol. The SMILES string of the molecule is Cn1nccc1CCN1CCCC(CN)C1. The maximum Gasteiger partial charge on any atom is 0.0492 e. The molecule has 0 aliphatic carbocycles. The van der Waals surface area contributed by atoms with Crippen LogP contribution in [-0.2, 0) is 13.5 Å². The van der Waals surface area contributed by atoms with Crippen LogP contribution in [0.15, 0.2) is 12.3 Å². The van der Waals surface area contributed by atoms with Gasteiger partial charge in [-0.2, -0.15) is 5.10 Å². The first-order valence-electron chi connectivity index (χ1n) is 6.19. The zero-order valence-corrected chi connectivity index (χ0v) is 10.1. The van der Waals surface area contributed by atoms with Crippen LogP contribution in [0.1, 0.15) is 18.5 Å². The van der Waals surface area contributed by atoms with Gasteiger partial charge in [-0.05, 0) is 37.9 Å². The van der Waals surface area contributed by atoms with Crippen molar-refractivity contribution in [3.8, 4) is 0 Å². The maximum absolute atomic E-state index is 5.74. The summed E-state index contributed by atoms with van der Waals surface area (Å²) in [6.45, 7) is 4.38. The van der Waals surface area contributed by atoms with Crippen LogP contribution < -0.4 is 5.73 Å². The minimum atomic E-state index is 0.709. The molecule has 1 aliphatic heterocycles. The standard InChI is InChI=1S/C12H22N4/c1-15-12(4-6-14-15)5-8-16-7-2-3-11(9-13)10-16/h4,6,11H,2-3,5,7-10,13H2,1H3. The number of aromatic nitrogens is 2. The van der Waals surface area contributed by atoms with Gasteiger partial charge in [-0.15, -0.1) is 0 Å². The lowest BCUT2D eigenvalue weighted by Crippen LogP contribution is -2.39. The summed E-state index contributed by atoms with van der Waals surface area (Å²) in [5.41, 5.74) is 7.05. The molecule has 1 saturated heterocycles. The predicted molar refractivity (Wildman–Crippen MR) is 65.1 cm³/mol. The van der Waals surface area contributed by atoms with Gasteiger partial charge in [0, 0.05) is 38.4 Å². The molecule has 0 radical (unpaired) electrons. The maximum atomic E-state index is 5.74. The second-order valence-electron chi connectivity index (χ2n) is 4.74. The van der Waals surface area contributed by atoms with Crippen molar-refractivity contribution >= 4 is 0 Å². The summed E-state index contributed by atoms with van der Waals surface area (Å²) >= 11 is 0. The van der Waals surface area contributed by atoms with Crippen molar-refractivity contribution in [1.82, 2.24) is 14.7 Å². The molecule has 0 spiro atoms. The summed E-state index contributed by atoms with van der Waals surface area (Å²) in [6, 6.07) is 2.10. The van der Waals surface area contributed by atoms with Crippen molar-refractivity contribution in [2.24, 2.45) is 18.7 Å². The van der Waals surface area contributed by atoms with E-state index in [4.69, 9.17) is 5.73 Å². The number of likely N-dealkylation sites (tertiary alicyclic amines) is 1. The van der Waals surface area contributed by atoms with Gasteiger partial charge in [-0.25, -0.2) is 0 Å². The first kappa shape index (κ1) is 11.6. The Hall–Kier alpha value is -0.870. The third kappa shape index (κ3) is 2.83. The summed E-state index contributed by atoms with van der Waals surface area (Å²) in [7, 11) is 2.01. The zero-order valence-electron chi connectivity index (χ0n) is 10.1. The first-order valence-corrected chi connectivity index (χ1v) is 6.19. The highest BCUT2D eigenvalue weighted by atomic mass is 15.3. The number of piperidine rings is 1. The number of aryl methyl sites for hydroxylation is 1. The average Bonchev–Trinajstić information content (AvgIpc) is 2.72. The fourth-order valence-corrected chi connectivity index (χ4v) is 2.47. The molecule has 1 aliphatic rings. The van der Waals surface area contributed by atoms with E-state index in [9.17, 15) is 0 Å². The Balaban J connectivity index is 1.79. The number of nitrogens with two attached hydrogens (primary N) is 1. The summed E-state index contributed by atoms with van der Waals surface area (Å²) in [5, 5.41) is 4.19. The third-order valence-electron chi connectivity index (χ3n) is 3.54. The molecule has 1 aromatic rings. The van der Waals surface area contributed by atoms with Gasteiger partial charge in [0.25, 0.3) is 0 Å². The zero-order chi connectivity index (χ0) is 11.4. The Morgan fingerprint density at radius 2 is 2.44 bits per heavy atom. The minimum absolute atomic E-state index is 0.709. The van der Waals surface area contributed by atoms with Crippen LogP contribution in [0.25, 0.3) is 0 Å². The van der Waals surface area contributed by atoms with E-state index >= 15 is 0 Å².